The first-order chi connectivity index (χ1) is 8.20. The van der Waals surface area contributed by atoms with Crippen molar-refractivity contribution in [3.8, 4) is 0 Å². The van der Waals surface area contributed by atoms with Gasteiger partial charge in [0.05, 0.1) is 11.5 Å². The lowest BCUT2D eigenvalue weighted by atomic mass is 9.87. The molecule has 0 aromatic heterocycles. The lowest BCUT2D eigenvalue weighted by Gasteiger charge is -2.15. The van der Waals surface area contributed by atoms with Gasteiger partial charge in [-0.3, -0.25) is 4.79 Å². The van der Waals surface area contributed by atoms with Crippen LogP contribution in [0.4, 0.5) is 0 Å². The summed E-state index contributed by atoms with van der Waals surface area (Å²) >= 11 is 0. The molecule has 0 amide bonds. The van der Waals surface area contributed by atoms with Crippen molar-refractivity contribution in [1.82, 2.24) is 0 Å². The largest absolute Gasteiger partial charge is 0.478 e. The average Bonchev–Trinajstić information content (AvgIpc) is 2.64. The molecule has 1 aromatic carbocycles. The number of benzene rings is 1. The minimum Gasteiger partial charge on any atom is -0.478 e. The fraction of sp³-hybridized carbons (Fsp3) is 0.143. The number of aliphatic carboxylic acids is 1. The zero-order valence-corrected chi connectivity index (χ0v) is 9.01. The SMILES string of the molecule is O=C(O)C1=C2c3ccccc3C(=O)C2CC=C1. The summed E-state index contributed by atoms with van der Waals surface area (Å²) in [6, 6.07) is 7.23. The molecule has 3 rings (SSSR count). The first-order valence-electron chi connectivity index (χ1n) is 5.48. The highest BCUT2D eigenvalue weighted by atomic mass is 16.4. The summed E-state index contributed by atoms with van der Waals surface area (Å²) in [5, 5.41) is 9.18. The summed E-state index contributed by atoms with van der Waals surface area (Å²) in [5.74, 6) is -1.23. The van der Waals surface area contributed by atoms with E-state index in [-0.39, 0.29) is 17.3 Å². The number of carbonyl (C=O) groups excluding carboxylic acids is 1. The number of carboxylic acids is 1. The van der Waals surface area contributed by atoms with Gasteiger partial charge in [-0.1, -0.05) is 36.4 Å². The number of allylic oxidation sites excluding steroid dienone is 2. The molecule has 2 aliphatic carbocycles. The van der Waals surface area contributed by atoms with Crippen molar-refractivity contribution < 1.29 is 14.7 Å². The van der Waals surface area contributed by atoms with E-state index in [0.29, 0.717) is 17.6 Å². The van der Waals surface area contributed by atoms with Gasteiger partial charge in [0.15, 0.2) is 5.78 Å². The maximum absolute atomic E-state index is 12.1. The topological polar surface area (TPSA) is 54.4 Å². The number of carboxylic acid groups (broad SMARTS) is 1. The van der Waals surface area contributed by atoms with E-state index in [4.69, 9.17) is 0 Å². The summed E-state index contributed by atoms with van der Waals surface area (Å²) in [7, 11) is 0. The number of carbonyl (C=O) groups is 2. The molecule has 0 radical (unpaired) electrons. The van der Waals surface area contributed by atoms with E-state index in [1.54, 1.807) is 18.2 Å². The van der Waals surface area contributed by atoms with Crippen molar-refractivity contribution >= 4 is 17.3 Å². The maximum Gasteiger partial charge on any atom is 0.335 e. The third-order valence-corrected chi connectivity index (χ3v) is 3.32. The molecule has 3 nitrogen and oxygen atoms in total. The molecule has 2 aliphatic rings. The summed E-state index contributed by atoms with van der Waals surface area (Å²) in [6.45, 7) is 0. The number of rotatable bonds is 1. The number of fused-ring (bicyclic) bond motifs is 3. The van der Waals surface area contributed by atoms with Gasteiger partial charge in [-0.25, -0.2) is 4.79 Å². The zero-order chi connectivity index (χ0) is 12.0. The van der Waals surface area contributed by atoms with Crippen LogP contribution in [-0.2, 0) is 4.79 Å². The van der Waals surface area contributed by atoms with Crippen molar-refractivity contribution in [2.45, 2.75) is 6.42 Å². The molecule has 0 saturated heterocycles. The van der Waals surface area contributed by atoms with E-state index in [1.165, 1.54) is 0 Å². The van der Waals surface area contributed by atoms with Crippen molar-refractivity contribution in [2.24, 2.45) is 5.92 Å². The highest BCUT2D eigenvalue weighted by Crippen LogP contribution is 2.43. The minimum absolute atomic E-state index is 0.0405. The number of Topliss-reactive ketones (excluding diaryl/α,β-unsaturated/α-hetero) is 1. The summed E-state index contributed by atoms with van der Waals surface area (Å²) in [4.78, 5) is 23.3. The van der Waals surface area contributed by atoms with Gasteiger partial charge in [-0.05, 0) is 17.6 Å². The van der Waals surface area contributed by atoms with Crippen LogP contribution in [0.2, 0.25) is 0 Å². The summed E-state index contributed by atoms with van der Waals surface area (Å²) in [5.41, 5.74) is 2.36. The van der Waals surface area contributed by atoms with Crippen LogP contribution in [0.25, 0.3) is 5.57 Å². The van der Waals surface area contributed by atoms with E-state index in [2.05, 4.69) is 0 Å². The summed E-state index contributed by atoms with van der Waals surface area (Å²) < 4.78 is 0. The fourth-order valence-electron chi connectivity index (χ4n) is 2.60. The smallest absolute Gasteiger partial charge is 0.335 e. The Kier molecular flexibility index (Phi) is 2.01. The molecule has 1 N–H and O–H groups in total. The molecular weight excluding hydrogens is 216 g/mol. The van der Waals surface area contributed by atoms with E-state index >= 15 is 0 Å². The summed E-state index contributed by atoms with van der Waals surface area (Å²) in [6.07, 6.45) is 3.96. The lowest BCUT2D eigenvalue weighted by molar-refractivity contribution is -0.132. The Morgan fingerprint density at radius 1 is 1.24 bits per heavy atom. The second kappa shape index (κ2) is 3.42. The highest BCUT2D eigenvalue weighted by molar-refractivity contribution is 6.18. The first kappa shape index (κ1) is 10.0. The van der Waals surface area contributed by atoms with Crippen LogP contribution in [0, 0.1) is 5.92 Å². The Bertz CT molecular complexity index is 593. The van der Waals surface area contributed by atoms with E-state index in [1.807, 2.05) is 18.2 Å². The van der Waals surface area contributed by atoms with Gasteiger partial charge in [-0.15, -0.1) is 0 Å². The molecule has 1 aromatic rings. The van der Waals surface area contributed by atoms with Crippen molar-refractivity contribution in [2.75, 3.05) is 0 Å². The average molecular weight is 226 g/mol. The number of hydrogen-bond acceptors (Lipinski definition) is 2. The van der Waals surface area contributed by atoms with Crippen LogP contribution in [0.15, 0.2) is 42.0 Å². The van der Waals surface area contributed by atoms with Crippen molar-refractivity contribution in [3.63, 3.8) is 0 Å². The second-order valence-corrected chi connectivity index (χ2v) is 4.23. The van der Waals surface area contributed by atoms with Crippen molar-refractivity contribution in [3.05, 3.63) is 53.1 Å². The normalized spacial score (nSPS) is 21.4. The van der Waals surface area contributed by atoms with Gasteiger partial charge in [0.2, 0.25) is 0 Å². The van der Waals surface area contributed by atoms with Crippen LogP contribution in [0.1, 0.15) is 22.3 Å². The predicted molar refractivity (Wildman–Crippen MR) is 62.6 cm³/mol. The van der Waals surface area contributed by atoms with Crippen LogP contribution in [-0.4, -0.2) is 16.9 Å². The molecule has 3 heteroatoms. The Labute approximate surface area is 98.1 Å². The Morgan fingerprint density at radius 3 is 2.65 bits per heavy atom. The van der Waals surface area contributed by atoms with Crippen LogP contribution >= 0.6 is 0 Å². The predicted octanol–water partition coefficient (Wildman–Crippen LogP) is 2.30. The van der Waals surface area contributed by atoms with Crippen LogP contribution < -0.4 is 0 Å². The van der Waals surface area contributed by atoms with Crippen molar-refractivity contribution in [1.29, 1.82) is 0 Å². The number of ketones is 1. The van der Waals surface area contributed by atoms with Gasteiger partial charge >= 0.3 is 5.97 Å². The van der Waals surface area contributed by atoms with Gasteiger partial charge in [0, 0.05) is 5.56 Å². The molecule has 17 heavy (non-hydrogen) atoms. The molecule has 0 aliphatic heterocycles. The molecule has 1 unspecified atom stereocenters. The number of hydrogen-bond donors (Lipinski definition) is 1. The molecule has 0 spiro atoms. The highest BCUT2D eigenvalue weighted by Gasteiger charge is 2.38. The third kappa shape index (κ3) is 1.29. The zero-order valence-electron chi connectivity index (χ0n) is 9.01. The van der Waals surface area contributed by atoms with Gasteiger partial charge in [-0.2, -0.15) is 0 Å². The molecule has 84 valence electrons. The molecule has 0 fully saturated rings. The molecular formula is C14H10O3. The second-order valence-electron chi connectivity index (χ2n) is 4.23. The first-order valence-corrected chi connectivity index (χ1v) is 5.48. The lowest BCUT2D eigenvalue weighted by Crippen LogP contribution is -2.13. The van der Waals surface area contributed by atoms with E-state index in [0.717, 1.165) is 5.56 Å². The van der Waals surface area contributed by atoms with Gasteiger partial charge < -0.3 is 5.11 Å². The molecule has 0 saturated carbocycles. The Morgan fingerprint density at radius 2 is 1.94 bits per heavy atom. The Balaban J connectivity index is 2.32. The molecule has 0 heterocycles. The molecule has 1 atom stereocenters. The fourth-order valence-corrected chi connectivity index (χ4v) is 2.60. The maximum atomic E-state index is 12.1. The van der Waals surface area contributed by atoms with Gasteiger partial charge in [0.1, 0.15) is 0 Å². The van der Waals surface area contributed by atoms with Crippen LogP contribution in [0.5, 0.6) is 0 Å². The standard InChI is InChI=1S/C14H10O3/c15-13-9-5-2-1-4-8(9)12-10(13)6-3-7-11(12)14(16)17/h1-5,7,10H,6H2,(H,16,17). The van der Waals surface area contributed by atoms with Gasteiger partial charge in [0.25, 0.3) is 0 Å². The van der Waals surface area contributed by atoms with E-state index in [9.17, 15) is 14.7 Å². The van der Waals surface area contributed by atoms with E-state index < -0.39 is 5.97 Å². The Hall–Kier alpha value is -2.16. The quantitative estimate of drug-likeness (QED) is 0.799. The monoisotopic (exact) mass is 226 g/mol. The third-order valence-electron chi connectivity index (χ3n) is 3.32. The molecule has 0 bridgehead atoms. The minimum atomic E-state index is -0.967. The van der Waals surface area contributed by atoms with Crippen LogP contribution in [0.3, 0.4) is 0 Å².